The van der Waals surface area contributed by atoms with Crippen LogP contribution < -0.4 is 4.90 Å². The van der Waals surface area contributed by atoms with E-state index in [9.17, 15) is 13.2 Å². The van der Waals surface area contributed by atoms with Crippen molar-refractivity contribution in [2.45, 2.75) is 63.5 Å². The van der Waals surface area contributed by atoms with Crippen LogP contribution in [0.25, 0.3) is 0 Å². The molecule has 4 rings (SSSR count). The monoisotopic (exact) mass is 461 g/mol. The van der Waals surface area contributed by atoms with Gasteiger partial charge < -0.3 is 24.2 Å². The number of carboxylic acid groups (broad SMARTS) is 1. The molecule has 0 aromatic carbocycles. The first-order valence-corrected chi connectivity index (χ1v) is 10.9. The Labute approximate surface area is 185 Å². The van der Waals surface area contributed by atoms with Crippen LogP contribution in [0.2, 0.25) is 0 Å². The van der Waals surface area contributed by atoms with Gasteiger partial charge >= 0.3 is 12.1 Å². The molecule has 0 saturated carbocycles. The molecular weight excluding hydrogens is 431 g/mol. The normalized spacial score (nSPS) is 26.2. The van der Waals surface area contributed by atoms with Crippen molar-refractivity contribution in [2.24, 2.45) is 5.92 Å². The summed E-state index contributed by atoms with van der Waals surface area (Å²) in [6.45, 7) is 6.34. The summed E-state index contributed by atoms with van der Waals surface area (Å²) in [4.78, 5) is 20.2. The van der Waals surface area contributed by atoms with Gasteiger partial charge in [-0.3, -0.25) is 0 Å². The van der Waals surface area contributed by atoms with Gasteiger partial charge in [-0.05, 0) is 50.5 Å². The van der Waals surface area contributed by atoms with E-state index in [2.05, 4.69) is 14.9 Å². The molecule has 32 heavy (non-hydrogen) atoms. The Hall–Kier alpha value is -1.98. The Balaban J connectivity index is 0.000000360. The number of anilines is 1. The highest BCUT2D eigenvalue weighted by atomic mass is 19.4. The van der Waals surface area contributed by atoms with Crippen molar-refractivity contribution in [1.82, 2.24) is 9.97 Å². The van der Waals surface area contributed by atoms with Gasteiger partial charge in [0.25, 0.3) is 0 Å². The van der Waals surface area contributed by atoms with Crippen LogP contribution in [-0.4, -0.2) is 78.4 Å². The second kappa shape index (κ2) is 11.2. The van der Waals surface area contributed by atoms with Crippen molar-refractivity contribution in [2.75, 3.05) is 37.9 Å². The Morgan fingerprint density at radius 1 is 1.16 bits per heavy atom. The molecule has 3 saturated heterocycles. The van der Waals surface area contributed by atoms with Gasteiger partial charge in [0, 0.05) is 38.8 Å². The summed E-state index contributed by atoms with van der Waals surface area (Å²) in [5, 5.41) is 7.12. The van der Waals surface area contributed by atoms with Crippen LogP contribution in [0, 0.1) is 12.8 Å². The van der Waals surface area contributed by atoms with Crippen molar-refractivity contribution < 1.29 is 37.3 Å². The molecule has 4 heterocycles. The third-order valence-electron chi connectivity index (χ3n) is 5.90. The van der Waals surface area contributed by atoms with Crippen LogP contribution in [0.1, 0.15) is 37.7 Å². The number of aryl methyl sites for hydroxylation is 1. The number of fused-ring (bicyclic) bond motifs is 1. The third kappa shape index (κ3) is 7.01. The first-order chi connectivity index (χ1) is 15.2. The quantitative estimate of drug-likeness (QED) is 0.715. The molecule has 11 heteroatoms. The molecule has 0 unspecified atom stereocenters. The summed E-state index contributed by atoms with van der Waals surface area (Å²) >= 11 is 0. The molecule has 0 radical (unpaired) electrons. The molecule has 0 amide bonds. The number of hydrogen-bond donors (Lipinski definition) is 1. The molecule has 3 fully saturated rings. The number of rotatable bonds is 5. The summed E-state index contributed by atoms with van der Waals surface area (Å²) in [6, 6.07) is 0.412. The zero-order chi connectivity index (χ0) is 23.1. The van der Waals surface area contributed by atoms with Crippen LogP contribution in [0.3, 0.4) is 0 Å². The molecule has 8 nitrogen and oxygen atoms in total. The van der Waals surface area contributed by atoms with Gasteiger partial charge in [0.1, 0.15) is 0 Å². The molecule has 0 aliphatic carbocycles. The Bertz CT molecular complexity index is 728. The van der Waals surface area contributed by atoms with Gasteiger partial charge in [0.15, 0.2) is 0 Å². The van der Waals surface area contributed by atoms with E-state index in [-0.39, 0.29) is 12.2 Å². The van der Waals surface area contributed by atoms with Crippen LogP contribution in [0.15, 0.2) is 12.4 Å². The minimum absolute atomic E-state index is 0.236. The average molecular weight is 461 g/mol. The van der Waals surface area contributed by atoms with Crippen LogP contribution in [-0.2, 0) is 19.0 Å². The average Bonchev–Trinajstić information content (AvgIpc) is 3.18. The Kier molecular flexibility index (Phi) is 8.66. The van der Waals surface area contributed by atoms with Gasteiger partial charge in [0.05, 0.1) is 24.9 Å². The van der Waals surface area contributed by atoms with Crippen LogP contribution >= 0.6 is 0 Å². The number of aromatic nitrogens is 2. The van der Waals surface area contributed by atoms with Crippen molar-refractivity contribution in [3.63, 3.8) is 0 Å². The standard InChI is InChI=1S/C19H29N3O3.C2HF3O2/c1-14-10-20-19(21-11-14)22-7-4-18-17(22)3-2-16(25-18)13-24-12-15-5-8-23-9-6-15;3-2(4,5)1(6)7/h10-11,15-18H,2-9,12-13H2,1H3;(H,6,7)/t16-,17-,18-;/m0./s1. The molecule has 1 aromatic rings. The number of aliphatic carboxylic acids is 1. The van der Waals surface area contributed by atoms with E-state index in [1.165, 1.54) is 0 Å². The lowest BCUT2D eigenvalue weighted by molar-refractivity contribution is -0.192. The van der Waals surface area contributed by atoms with E-state index in [0.717, 1.165) is 76.6 Å². The molecular formula is C21H30F3N3O5. The third-order valence-corrected chi connectivity index (χ3v) is 5.90. The highest BCUT2D eigenvalue weighted by Crippen LogP contribution is 2.33. The topological polar surface area (TPSA) is 94.0 Å². The molecule has 3 aliphatic heterocycles. The lowest BCUT2D eigenvalue weighted by Crippen LogP contribution is -2.44. The highest BCUT2D eigenvalue weighted by molar-refractivity contribution is 5.73. The molecule has 1 aromatic heterocycles. The maximum absolute atomic E-state index is 10.6. The largest absolute Gasteiger partial charge is 0.490 e. The first kappa shape index (κ1) is 24.7. The fourth-order valence-electron chi connectivity index (χ4n) is 4.18. The number of hydrogen-bond acceptors (Lipinski definition) is 7. The fraction of sp³-hybridized carbons (Fsp3) is 0.762. The van der Waals surface area contributed by atoms with Gasteiger partial charge in [-0.25, -0.2) is 14.8 Å². The summed E-state index contributed by atoms with van der Waals surface area (Å²) < 4.78 is 49.4. The summed E-state index contributed by atoms with van der Waals surface area (Å²) in [6.07, 6.45) is 4.72. The van der Waals surface area contributed by atoms with Crippen LogP contribution in [0.5, 0.6) is 0 Å². The summed E-state index contributed by atoms with van der Waals surface area (Å²) in [5.41, 5.74) is 1.10. The number of alkyl halides is 3. The molecule has 3 aliphatic rings. The minimum atomic E-state index is -5.08. The van der Waals surface area contributed by atoms with Crippen molar-refractivity contribution in [1.29, 1.82) is 0 Å². The Morgan fingerprint density at radius 2 is 1.81 bits per heavy atom. The number of halogens is 3. The second-order valence-electron chi connectivity index (χ2n) is 8.38. The van der Waals surface area contributed by atoms with E-state index in [4.69, 9.17) is 24.1 Å². The van der Waals surface area contributed by atoms with E-state index in [0.29, 0.717) is 12.0 Å². The maximum Gasteiger partial charge on any atom is 0.490 e. The predicted molar refractivity (Wildman–Crippen MR) is 108 cm³/mol. The smallest absolute Gasteiger partial charge is 0.475 e. The Morgan fingerprint density at radius 3 is 2.44 bits per heavy atom. The number of nitrogens with zero attached hydrogens (tertiary/aromatic N) is 3. The lowest BCUT2D eigenvalue weighted by Gasteiger charge is -2.36. The first-order valence-electron chi connectivity index (χ1n) is 10.9. The minimum Gasteiger partial charge on any atom is -0.475 e. The fourth-order valence-corrected chi connectivity index (χ4v) is 4.18. The van der Waals surface area contributed by atoms with Gasteiger partial charge in [0.2, 0.25) is 5.95 Å². The molecule has 0 spiro atoms. The van der Waals surface area contributed by atoms with Crippen molar-refractivity contribution >= 4 is 11.9 Å². The maximum atomic E-state index is 10.6. The predicted octanol–water partition coefficient (Wildman–Crippen LogP) is 2.99. The zero-order valence-corrected chi connectivity index (χ0v) is 18.1. The molecule has 1 N–H and O–H groups in total. The van der Waals surface area contributed by atoms with Crippen molar-refractivity contribution in [3.8, 4) is 0 Å². The number of ether oxygens (including phenoxy) is 3. The SMILES string of the molecule is Cc1cnc(N2CC[C@@H]3O[C@H](COCC4CCOCC4)CC[C@@H]32)nc1.O=C(O)C(F)(F)F. The van der Waals surface area contributed by atoms with E-state index in [1.54, 1.807) is 0 Å². The van der Waals surface area contributed by atoms with E-state index >= 15 is 0 Å². The lowest BCUT2D eigenvalue weighted by atomic mass is 9.99. The highest BCUT2D eigenvalue weighted by Gasteiger charge is 2.41. The van der Waals surface area contributed by atoms with Gasteiger partial charge in [-0.1, -0.05) is 0 Å². The van der Waals surface area contributed by atoms with Gasteiger partial charge in [-0.2, -0.15) is 13.2 Å². The molecule has 3 atom stereocenters. The van der Waals surface area contributed by atoms with Gasteiger partial charge in [-0.15, -0.1) is 0 Å². The second-order valence-corrected chi connectivity index (χ2v) is 8.38. The van der Waals surface area contributed by atoms with Crippen LogP contribution in [0.4, 0.5) is 19.1 Å². The number of carboxylic acids is 1. The summed E-state index contributed by atoms with van der Waals surface area (Å²) in [5.74, 6) is -1.26. The number of carbonyl (C=O) groups is 1. The van der Waals surface area contributed by atoms with E-state index < -0.39 is 12.1 Å². The van der Waals surface area contributed by atoms with E-state index in [1.807, 2.05) is 19.3 Å². The zero-order valence-electron chi connectivity index (χ0n) is 18.1. The molecule has 180 valence electrons. The summed E-state index contributed by atoms with van der Waals surface area (Å²) in [7, 11) is 0. The molecule has 0 bridgehead atoms. The van der Waals surface area contributed by atoms with Crippen molar-refractivity contribution in [3.05, 3.63) is 18.0 Å².